The van der Waals surface area contributed by atoms with Crippen molar-refractivity contribution in [1.29, 1.82) is 0 Å². The van der Waals surface area contributed by atoms with Gasteiger partial charge in [0.05, 0.1) is 0 Å². The quantitative estimate of drug-likeness (QED) is 0.439. The van der Waals surface area contributed by atoms with Crippen LogP contribution in [0.15, 0.2) is 11.6 Å². The van der Waals surface area contributed by atoms with E-state index in [-0.39, 0.29) is 0 Å². The van der Waals surface area contributed by atoms with Gasteiger partial charge in [0, 0.05) is 25.0 Å². The van der Waals surface area contributed by atoms with Crippen LogP contribution < -0.4 is 0 Å². The summed E-state index contributed by atoms with van der Waals surface area (Å²) in [5.41, 5.74) is 1.37. The summed E-state index contributed by atoms with van der Waals surface area (Å²) in [7, 11) is 0. The topological polar surface area (TPSA) is 3.24 Å². The molecule has 1 aliphatic rings. The molecule has 0 amide bonds. The molecule has 0 fully saturated rings. The summed E-state index contributed by atoms with van der Waals surface area (Å²) in [4.78, 5) is 2.40. The van der Waals surface area contributed by atoms with Gasteiger partial charge < -0.3 is 0 Å². The molecule has 1 rings (SSSR count). The Labute approximate surface area is 67.7 Å². The molecule has 0 aliphatic carbocycles. The van der Waals surface area contributed by atoms with E-state index in [4.69, 9.17) is 11.6 Å². The van der Waals surface area contributed by atoms with E-state index in [1.165, 1.54) is 5.57 Å². The van der Waals surface area contributed by atoms with E-state index in [9.17, 15) is 0 Å². The predicted molar refractivity (Wildman–Crippen MR) is 45.5 cm³/mol. The molecule has 10 heavy (non-hydrogen) atoms. The van der Waals surface area contributed by atoms with E-state index in [0.717, 1.165) is 13.1 Å². The third-order valence-electron chi connectivity index (χ3n) is 1.92. The number of rotatable bonds is 2. The molecular weight excluding hydrogens is 146 g/mol. The fourth-order valence-corrected chi connectivity index (χ4v) is 1.32. The molecule has 0 spiro atoms. The van der Waals surface area contributed by atoms with Crippen LogP contribution >= 0.6 is 11.6 Å². The molecule has 0 aromatic heterocycles. The monoisotopic (exact) mass is 159 g/mol. The van der Waals surface area contributed by atoms with Crippen LogP contribution in [0.2, 0.25) is 0 Å². The summed E-state index contributed by atoms with van der Waals surface area (Å²) in [5, 5.41) is 0. The maximum absolute atomic E-state index is 5.68. The van der Waals surface area contributed by atoms with Crippen molar-refractivity contribution in [2.75, 3.05) is 19.0 Å². The highest BCUT2D eigenvalue weighted by atomic mass is 35.5. The molecule has 1 aliphatic heterocycles. The number of hydrogen-bond donors (Lipinski definition) is 0. The van der Waals surface area contributed by atoms with Crippen LogP contribution in [0.3, 0.4) is 0 Å². The van der Waals surface area contributed by atoms with Crippen molar-refractivity contribution < 1.29 is 0 Å². The first-order chi connectivity index (χ1) is 4.74. The zero-order valence-corrected chi connectivity index (χ0v) is 7.36. The van der Waals surface area contributed by atoms with Crippen molar-refractivity contribution in [3.8, 4) is 0 Å². The molecule has 0 unspecified atom stereocenters. The van der Waals surface area contributed by atoms with Gasteiger partial charge in [-0.2, -0.15) is 0 Å². The maximum atomic E-state index is 5.68. The lowest BCUT2D eigenvalue weighted by Crippen LogP contribution is -2.28. The highest BCUT2D eigenvalue weighted by Gasteiger charge is 2.14. The van der Waals surface area contributed by atoms with Crippen LogP contribution in [0.1, 0.15) is 13.8 Å². The highest BCUT2D eigenvalue weighted by molar-refractivity contribution is 6.19. The fourth-order valence-electron chi connectivity index (χ4n) is 1.13. The summed E-state index contributed by atoms with van der Waals surface area (Å²) >= 11 is 5.68. The number of halogens is 1. The fraction of sp³-hybridized carbons (Fsp3) is 0.750. The molecule has 0 aromatic carbocycles. The molecule has 0 aromatic rings. The summed E-state index contributed by atoms with van der Waals surface area (Å²) in [5.74, 6) is 0.698. The molecule has 0 bridgehead atoms. The van der Waals surface area contributed by atoms with Crippen LogP contribution in [0.4, 0.5) is 0 Å². The van der Waals surface area contributed by atoms with Crippen LogP contribution in [0.25, 0.3) is 0 Å². The molecule has 0 saturated heterocycles. The minimum absolute atomic E-state index is 0.650. The minimum atomic E-state index is 0.650. The lowest BCUT2D eigenvalue weighted by atomic mass is 10.3. The number of alkyl halides is 1. The van der Waals surface area contributed by atoms with E-state index in [2.05, 4.69) is 24.8 Å². The van der Waals surface area contributed by atoms with Crippen molar-refractivity contribution in [2.45, 2.75) is 19.9 Å². The van der Waals surface area contributed by atoms with Gasteiger partial charge in [0.15, 0.2) is 0 Å². The normalized spacial score (nSPS) is 20.2. The van der Waals surface area contributed by atoms with Gasteiger partial charge in [0.1, 0.15) is 0 Å². The molecule has 0 N–H and O–H groups in total. The molecule has 0 atom stereocenters. The van der Waals surface area contributed by atoms with Crippen molar-refractivity contribution in [3.05, 3.63) is 11.6 Å². The van der Waals surface area contributed by atoms with Gasteiger partial charge in [0.2, 0.25) is 0 Å². The molecular formula is C8H14ClN. The van der Waals surface area contributed by atoms with Crippen LogP contribution in [0.5, 0.6) is 0 Å². The zero-order valence-electron chi connectivity index (χ0n) is 6.60. The lowest BCUT2D eigenvalue weighted by molar-refractivity contribution is 0.284. The van der Waals surface area contributed by atoms with Gasteiger partial charge in [-0.15, -0.1) is 11.6 Å². The SMILES string of the molecule is CC(C)N1CC=C(CCl)C1. The largest absolute Gasteiger partial charge is 0.293 e. The van der Waals surface area contributed by atoms with Gasteiger partial charge in [-0.3, -0.25) is 4.90 Å². The van der Waals surface area contributed by atoms with Crippen molar-refractivity contribution in [2.24, 2.45) is 0 Å². The highest BCUT2D eigenvalue weighted by Crippen LogP contribution is 2.12. The maximum Gasteiger partial charge on any atom is 0.0446 e. The molecule has 0 saturated carbocycles. The van der Waals surface area contributed by atoms with Gasteiger partial charge in [-0.25, -0.2) is 0 Å². The second-order valence-corrected chi connectivity index (χ2v) is 3.29. The summed E-state index contributed by atoms with van der Waals surface area (Å²) in [6, 6.07) is 0.650. The van der Waals surface area contributed by atoms with Gasteiger partial charge in [-0.05, 0) is 19.4 Å². The third kappa shape index (κ3) is 1.74. The summed E-state index contributed by atoms with van der Waals surface area (Å²) in [6.07, 6.45) is 2.23. The molecule has 2 heteroatoms. The van der Waals surface area contributed by atoms with E-state index in [1.54, 1.807) is 0 Å². The van der Waals surface area contributed by atoms with Crippen LogP contribution in [0, 0.1) is 0 Å². The third-order valence-corrected chi connectivity index (χ3v) is 2.27. The second-order valence-electron chi connectivity index (χ2n) is 3.02. The van der Waals surface area contributed by atoms with E-state index >= 15 is 0 Å². The van der Waals surface area contributed by atoms with E-state index in [1.807, 2.05) is 0 Å². The molecule has 0 radical (unpaired) electrons. The Hall–Kier alpha value is -0.0100. The Morgan fingerprint density at radius 2 is 2.40 bits per heavy atom. The average molecular weight is 160 g/mol. The van der Waals surface area contributed by atoms with Crippen molar-refractivity contribution >= 4 is 11.6 Å². The van der Waals surface area contributed by atoms with E-state index < -0.39 is 0 Å². The molecule has 1 nitrogen and oxygen atoms in total. The Morgan fingerprint density at radius 1 is 1.70 bits per heavy atom. The Morgan fingerprint density at radius 3 is 2.70 bits per heavy atom. The van der Waals surface area contributed by atoms with Crippen molar-refractivity contribution in [1.82, 2.24) is 4.90 Å². The first-order valence-corrected chi connectivity index (χ1v) is 4.25. The average Bonchev–Trinajstić information content (AvgIpc) is 2.34. The van der Waals surface area contributed by atoms with Crippen LogP contribution in [-0.4, -0.2) is 29.9 Å². The Bertz CT molecular complexity index is 140. The number of nitrogens with zero attached hydrogens (tertiary/aromatic N) is 1. The van der Waals surface area contributed by atoms with E-state index in [0.29, 0.717) is 11.9 Å². The molecule has 1 heterocycles. The van der Waals surface area contributed by atoms with Gasteiger partial charge in [0.25, 0.3) is 0 Å². The predicted octanol–water partition coefficient (Wildman–Crippen LogP) is 1.88. The smallest absolute Gasteiger partial charge is 0.0446 e. The first kappa shape index (κ1) is 8.09. The number of hydrogen-bond acceptors (Lipinski definition) is 1. The van der Waals surface area contributed by atoms with Crippen LogP contribution in [-0.2, 0) is 0 Å². The standard InChI is InChI=1S/C8H14ClN/c1-7(2)10-4-3-8(5-9)6-10/h3,7H,4-6H2,1-2H3. The first-order valence-electron chi connectivity index (χ1n) is 3.72. The van der Waals surface area contributed by atoms with Gasteiger partial charge >= 0.3 is 0 Å². The zero-order chi connectivity index (χ0) is 7.56. The van der Waals surface area contributed by atoms with Gasteiger partial charge in [-0.1, -0.05) is 6.08 Å². The Balaban J connectivity index is 2.36. The Kier molecular flexibility index (Phi) is 2.75. The lowest BCUT2D eigenvalue weighted by Gasteiger charge is -2.19. The summed E-state index contributed by atoms with van der Waals surface area (Å²) in [6.45, 7) is 6.58. The molecule has 58 valence electrons. The second kappa shape index (κ2) is 3.40. The summed E-state index contributed by atoms with van der Waals surface area (Å²) < 4.78 is 0. The van der Waals surface area contributed by atoms with Crippen molar-refractivity contribution in [3.63, 3.8) is 0 Å². The minimum Gasteiger partial charge on any atom is -0.293 e.